The molecule has 1 aromatic heterocycles. The van der Waals surface area contributed by atoms with Crippen LogP contribution in [0.5, 0.6) is 0 Å². The molecule has 34 heavy (non-hydrogen) atoms. The summed E-state index contributed by atoms with van der Waals surface area (Å²) in [5.41, 5.74) is 9.08. The molecular weight excluding hydrogens is 442 g/mol. The van der Waals surface area contributed by atoms with Gasteiger partial charge in [0.15, 0.2) is 0 Å². The second-order valence-corrected chi connectivity index (χ2v) is 10.3. The third-order valence-corrected chi connectivity index (χ3v) is 8.78. The van der Waals surface area contributed by atoms with E-state index in [1.807, 2.05) is 23.5 Å². The summed E-state index contributed by atoms with van der Waals surface area (Å²) in [5.74, 6) is 1.01. The molecule has 0 radical (unpaired) electrons. The van der Waals surface area contributed by atoms with E-state index in [4.69, 9.17) is 5.73 Å². The fraction of sp³-hybridized carbons (Fsp3) is 0.593. The lowest BCUT2D eigenvalue weighted by Crippen LogP contribution is -2.63. The summed E-state index contributed by atoms with van der Waals surface area (Å²) in [5, 5.41) is 9.42. The van der Waals surface area contributed by atoms with Crippen LogP contribution in [0.4, 0.5) is 0 Å². The zero-order valence-electron chi connectivity index (χ0n) is 21.1. The summed E-state index contributed by atoms with van der Waals surface area (Å²) < 4.78 is 0. The van der Waals surface area contributed by atoms with Crippen molar-refractivity contribution in [3.63, 3.8) is 0 Å². The van der Waals surface area contributed by atoms with Crippen LogP contribution < -0.4 is 5.73 Å². The molecule has 0 aromatic carbocycles. The fourth-order valence-electron chi connectivity index (χ4n) is 5.67. The Morgan fingerprint density at radius 3 is 2.59 bits per heavy atom. The number of allylic oxidation sites excluding steroid dienone is 3. The molecule has 2 saturated heterocycles. The predicted octanol–water partition coefficient (Wildman–Crippen LogP) is 5.47. The number of nitrogens with zero attached hydrogens (tertiary/aromatic N) is 4. The molecule has 3 unspecified atom stereocenters. The third-order valence-electron chi connectivity index (χ3n) is 7.81. The van der Waals surface area contributed by atoms with E-state index in [0.717, 1.165) is 35.9 Å². The van der Waals surface area contributed by atoms with Gasteiger partial charge in [-0.05, 0) is 57.1 Å². The minimum absolute atomic E-state index is 0.309. The molecule has 7 heteroatoms. The van der Waals surface area contributed by atoms with Crippen LogP contribution in [-0.4, -0.2) is 51.7 Å². The van der Waals surface area contributed by atoms with Crippen molar-refractivity contribution >= 4 is 23.0 Å². The van der Waals surface area contributed by atoms with Gasteiger partial charge >= 0.3 is 0 Å². The molecule has 3 atom stereocenters. The average molecular weight is 484 g/mol. The summed E-state index contributed by atoms with van der Waals surface area (Å²) in [6, 6.07) is 0. The van der Waals surface area contributed by atoms with Crippen molar-refractivity contribution in [2.24, 2.45) is 16.8 Å². The summed E-state index contributed by atoms with van der Waals surface area (Å²) in [6.07, 6.45) is 14.6. The smallest absolute Gasteiger partial charge is 0.265 e. The van der Waals surface area contributed by atoms with E-state index in [1.165, 1.54) is 50.0 Å². The highest BCUT2D eigenvalue weighted by Gasteiger charge is 2.59. The molecule has 186 valence electrons. The minimum atomic E-state index is -0.429. The second-order valence-electron chi connectivity index (χ2n) is 9.36. The molecule has 1 amide bonds. The lowest BCUT2D eigenvalue weighted by Gasteiger charge is -2.58. The van der Waals surface area contributed by atoms with Crippen LogP contribution >= 0.6 is 11.3 Å². The van der Waals surface area contributed by atoms with Gasteiger partial charge in [0.2, 0.25) is 0 Å². The Morgan fingerprint density at radius 1 is 1.32 bits per heavy atom. The summed E-state index contributed by atoms with van der Waals surface area (Å²) in [4.78, 5) is 18.5. The van der Waals surface area contributed by atoms with Crippen molar-refractivity contribution in [2.75, 3.05) is 19.6 Å². The SMILES string of the molecule is C1CN2CCC23CCC13.C=C.CCC1=C(C/C=C\C(C)c2nccs2)N(CC)N=C(C(N)=O)C1. The average Bonchev–Trinajstić information content (AvgIpc) is 3.41. The van der Waals surface area contributed by atoms with Gasteiger partial charge in [0.05, 0.1) is 5.01 Å². The standard InChI is InChI=1S/C17H24N4OS.C8H13N.C2H4/c1-4-13-11-14(16(18)22)20-21(5-2)15(13)8-6-7-12(3)17-19-9-10-23-17;1-3-8-4-6-9(8)5-2-7(1)8;1-2/h6-7,9-10,12H,4-5,8,11H2,1-3H3,(H2,18,22);7H,1-6H2;1-2H2/b7-6-;;. The number of carbonyl (C=O) groups excluding carboxylic acids is 1. The maximum Gasteiger partial charge on any atom is 0.265 e. The molecule has 1 spiro atoms. The fourth-order valence-corrected chi connectivity index (χ4v) is 6.35. The zero-order chi connectivity index (χ0) is 24.7. The number of hydrogen-bond acceptors (Lipinski definition) is 6. The van der Waals surface area contributed by atoms with E-state index in [-0.39, 0.29) is 0 Å². The van der Waals surface area contributed by atoms with Crippen molar-refractivity contribution < 1.29 is 4.79 Å². The van der Waals surface area contributed by atoms with Crippen LogP contribution in [0.2, 0.25) is 0 Å². The monoisotopic (exact) mass is 483 g/mol. The van der Waals surface area contributed by atoms with Gasteiger partial charge in [0.1, 0.15) is 5.71 Å². The predicted molar refractivity (Wildman–Crippen MR) is 143 cm³/mol. The third kappa shape index (κ3) is 5.36. The maximum absolute atomic E-state index is 11.4. The number of rotatable bonds is 7. The first-order valence-electron chi connectivity index (χ1n) is 12.6. The van der Waals surface area contributed by atoms with Gasteiger partial charge in [0, 0.05) is 54.7 Å². The van der Waals surface area contributed by atoms with Gasteiger partial charge in [-0.25, -0.2) is 4.98 Å². The van der Waals surface area contributed by atoms with Gasteiger partial charge in [0.25, 0.3) is 5.91 Å². The number of amides is 1. The zero-order valence-corrected chi connectivity index (χ0v) is 21.9. The molecule has 5 rings (SSSR count). The topological polar surface area (TPSA) is 74.8 Å². The van der Waals surface area contributed by atoms with Crippen molar-refractivity contribution in [2.45, 2.75) is 77.2 Å². The summed E-state index contributed by atoms with van der Waals surface area (Å²) in [6.45, 7) is 15.8. The quantitative estimate of drug-likeness (QED) is 0.522. The van der Waals surface area contributed by atoms with Crippen LogP contribution in [-0.2, 0) is 4.79 Å². The van der Waals surface area contributed by atoms with Crippen LogP contribution in [0.3, 0.4) is 0 Å². The van der Waals surface area contributed by atoms with Crippen molar-refractivity contribution in [3.05, 3.63) is 53.2 Å². The summed E-state index contributed by atoms with van der Waals surface area (Å²) in [7, 11) is 0. The van der Waals surface area contributed by atoms with E-state index in [9.17, 15) is 4.79 Å². The molecule has 4 aliphatic rings. The molecule has 3 fully saturated rings. The minimum Gasteiger partial charge on any atom is -0.364 e. The molecule has 3 aliphatic heterocycles. The molecule has 1 aliphatic carbocycles. The highest BCUT2D eigenvalue weighted by molar-refractivity contribution is 7.09. The summed E-state index contributed by atoms with van der Waals surface area (Å²) >= 11 is 1.67. The molecule has 2 N–H and O–H groups in total. The Labute approximate surface area is 209 Å². The van der Waals surface area contributed by atoms with Crippen LogP contribution in [0, 0.1) is 5.92 Å². The lowest BCUT2D eigenvalue weighted by atomic mass is 9.62. The number of hydrazone groups is 1. The molecule has 6 nitrogen and oxygen atoms in total. The Kier molecular flexibility index (Phi) is 9.25. The number of thiazole rings is 1. The molecule has 4 heterocycles. The first-order chi connectivity index (χ1) is 16.5. The van der Waals surface area contributed by atoms with Crippen molar-refractivity contribution in [1.82, 2.24) is 14.9 Å². The highest BCUT2D eigenvalue weighted by atomic mass is 32.1. The van der Waals surface area contributed by atoms with Crippen molar-refractivity contribution in [3.8, 4) is 0 Å². The largest absolute Gasteiger partial charge is 0.364 e. The van der Waals surface area contributed by atoms with Crippen LogP contribution in [0.15, 0.2) is 53.3 Å². The van der Waals surface area contributed by atoms with Gasteiger partial charge < -0.3 is 5.73 Å². The van der Waals surface area contributed by atoms with Gasteiger partial charge in [-0.15, -0.1) is 24.5 Å². The molecular formula is C27H41N5OS. The second kappa shape index (κ2) is 11.9. The number of nitrogens with two attached hydrogens (primary N) is 1. The first kappa shape index (κ1) is 26.4. The molecule has 1 aromatic rings. The van der Waals surface area contributed by atoms with Gasteiger partial charge in [-0.3, -0.25) is 14.7 Å². The Bertz CT molecular complexity index is 901. The van der Waals surface area contributed by atoms with E-state index >= 15 is 0 Å². The van der Waals surface area contributed by atoms with E-state index in [2.05, 4.69) is 54.1 Å². The van der Waals surface area contributed by atoms with Crippen LogP contribution in [0.1, 0.15) is 76.6 Å². The Hall–Kier alpha value is -2.25. The number of carbonyl (C=O) groups is 1. The van der Waals surface area contributed by atoms with E-state index in [0.29, 0.717) is 18.1 Å². The van der Waals surface area contributed by atoms with Gasteiger partial charge in [-0.2, -0.15) is 5.10 Å². The van der Waals surface area contributed by atoms with Crippen molar-refractivity contribution in [1.29, 1.82) is 0 Å². The van der Waals surface area contributed by atoms with E-state index in [1.54, 1.807) is 11.3 Å². The number of aromatic nitrogens is 1. The molecule has 0 bridgehead atoms. The molecule has 1 saturated carbocycles. The number of primary amides is 1. The maximum atomic E-state index is 11.4. The normalized spacial score (nSPS) is 26.1. The Morgan fingerprint density at radius 2 is 2.12 bits per heavy atom. The first-order valence-corrected chi connectivity index (χ1v) is 13.5. The highest BCUT2D eigenvalue weighted by Crippen LogP contribution is 2.57. The van der Waals surface area contributed by atoms with E-state index < -0.39 is 5.91 Å². The van der Waals surface area contributed by atoms with Crippen LogP contribution in [0.25, 0.3) is 0 Å². The lowest BCUT2D eigenvalue weighted by molar-refractivity contribution is -0.112. The van der Waals surface area contributed by atoms with Gasteiger partial charge in [-0.1, -0.05) is 26.0 Å². The number of hydrogen-bond donors (Lipinski definition) is 1. The Balaban J connectivity index is 0.000000239.